The van der Waals surface area contributed by atoms with E-state index < -0.39 is 0 Å². The highest BCUT2D eigenvalue weighted by molar-refractivity contribution is 6.09. The molecular formula is C23H25NO2. The van der Waals surface area contributed by atoms with Crippen LogP contribution in [0.2, 0.25) is 0 Å². The number of ether oxygens (including phenoxy) is 2. The topological polar surface area (TPSA) is 34.2 Å². The summed E-state index contributed by atoms with van der Waals surface area (Å²) in [7, 11) is 0. The van der Waals surface area contributed by atoms with Crippen LogP contribution < -0.4 is 4.74 Å². The molecule has 6 rings (SSSR count). The second-order valence-corrected chi connectivity index (χ2v) is 9.33. The molecule has 1 saturated heterocycles. The lowest BCUT2D eigenvalue weighted by Gasteiger charge is -2.51. The second-order valence-electron chi connectivity index (χ2n) is 9.33. The van der Waals surface area contributed by atoms with Crippen LogP contribution in [0.25, 0.3) is 21.8 Å². The molecule has 3 aromatic rings. The lowest BCUT2D eigenvalue weighted by atomic mass is 9.59. The van der Waals surface area contributed by atoms with Gasteiger partial charge in [-0.2, -0.15) is 0 Å². The molecule has 1 N–H and O–H groups in total. The molecule has 3 aliphatic rings. The van der Waals surface area contributed by atoms with Gasteiger partial charge in [-0.25, -0.2) is 0 Å². The molecule has 0 spiro atoms. The molecule has 26 heavy (non-hydrogen) atoms. The van der Waals surface area contributed by atoms with Crippen LogP contribution in [-0.2, 0) is 4.74 Å². The summed E-state index contributed by atoms with van der Waals surface area (Å²) in [5.74, 6) is 1.43. The van der Waals surface area contributed by atoms with Crippen molar-refractivity contribution in [3.8, 4) is 5.75 Å². The van der Waals surface area contributed by atoms with Crippen molar-refractivity contribution in [2.75, 3.05) is 0 Å². The Labute approximate surface area is 153 Å². The van der Waals surface area contributed by atoms with E-state index in [0.29, 0.717) is 12.0 Å². The van der Waals surface area contributed by atoms with E-state index in [1.165, 1.54) is 32.9 Å². The fourth-order valence-corrected chi connectivity index (χ4v) is 6.27. The Kier molecular flexibility index (Phi) is 2.59. The lowest BCUT2D eigenvalue weighted by Crippen LogP contribution is -2.54. The van der Waals surface area contributed by atoms with Crippen LogP contribution in [0.5, 0.6) is 5.75 Å². The summed E-state index contributed by atoms with van der Waals surface area (Å²) in [6, 6.07) is 10.8. The maximum absolute atomic E-state index is 6.79. The first-order valence-corrected chi connectivity index (χ1v) is 9.78. The van der Waals surface area contributed by atoms with Crippen molar-refractivity contribution < 1.29 is 9.47 Å². The van der Waals surface area contributed by atoms with Gasteiger partial charge >= 0.3 is 0 Å². The molecule has 2 aliphatic heterocycles. The molecule has 1 saturated carbocycles. The molecule has 0 amide bonds. The fraction of sp³-hybridized carbons (Fsp3) is 0.478. The van der Waals surface area contributed by atoms with Crippen LogP contribution in [0.1, 0.15) is 50.8 Å². The smallest absolute Gasteiger partial charge is 0.131 e. The maximum Gasteiger partial charge on any atom is 0.131 e. The predicted octanol–water partition coefficient (Wildman–Crippen LogP) is 5.66. The number of para-hydroxylation sites is 1. The van der Waals surface area contributed by atoms with Gasteiger partial charge in [-0.05, 0) is 44.4 Å². The average Bonchev–Trinajstić information content (AvgIpc) is 3.04. The summed E-state index contributed by atoms with van der Waals surface area (Å²) >= 11 is 0. The molecule has 4 atom stereocenters. The summed E-state index contributed by atoms with van der Waals surface area (Å²) in [5, 5.41) is 2.56. The largest absolute Gasteiger partial charge is 0.486 e. The third-order valence-corrected chi connectivity index (χ3v) is 7.40. The minimum atomic E-state index is -0.140. The number of benzene rings is 2. The minimum absolute atomic E-state index is 0.113. The average molecular weight is 347 g/mol. The molecular weight excluding hydrogens is 322 g/mol. The number of rotatable bonds is 0. The van der Waals surface area contributed by atoms with E-state index in [-0.39, 0.29) is 17.1 Å². The zero-order valence-corrected chi connectivity index (χ0v) is 15.8. The lowest BCUT2D eigenvalue weighted by molar-refractivity contribution is -0.0705. The summed E-state index contributed by atoms with van der Waals surface area (Å²) in [4.78, 5) is 3.68. The van der Waals surface area contributed by atoms with Gasteiger partial charge in [0, 0.05) is 33.2 Å². The Balaban J connectivity index is 1.72. The Morgan fingerprint density at radius 3 is 2.77 bits per heavy atom. The number of H-pyrrole nitrogens is 1. The van der Waals surface area contributed by atoms with E-state index in [1.807, 2.05) is 0 Å². The van der Waals surface area contributed by atoms with E-state index in [0.717, 1.165) is 18.6 Å². The molecule has 0 radical (unpaired) electrons. The van der Waals surface area contributed by atoms with Crippen LogP contribution in [0.3, 0.4) is 0 Å². The van der Waals surface area contributed by atoms with Gasteiger partial charge in [0.1, 0.15) is 11.4 Å². The summed E-state index contributed by atoms with van der Waals surface area (Å²) in [5.41, 5.74) is 4.84. The summed E-state index contributed by atoms with van der Waals surface area (Å²) in [6.07, 6.45) is 2.59. The standard InChI is InChI=1S/C23H25NO2/c1-12-11-14-13-7-5-6-8-15(13)24-18(14)17-19(12)26-23(4)10-9-16-22(2,3)21(23)20(17)25-16/h5-8,11,16,20-21,24H,9-10H2,1-4H3/t16?,20-,21+,23-/m0/s1. The Hall–Kier alpha value is -2.00. The number of aryl methyl sites for hydroxylation is 1. The van der Waals surface area contributed by atoms with E-state index in [4.69, 9.17) is 9.47 Å². The van der Waals surface area contributed by atoms with Crippen LogP contribution in [0.15, 0.2) is 30.3 Å². The highest BCUT2D eigenvalue weighted by Crippen LogP contribution is 2.65. The van der Waals surface area contributed by atoms with Gasteiger partial charge < -0.3 is 14.5 Å². The molecule has 3 nitrogen and oxygen atoms in total. The number of hydrogen-bond acceptors (Lipinski definition) is 2. The molecule has 2 fully saturated rings. The Morgan fingerprint density at radius 1 is 1.12 bits per heavy atom. The fourth-order valence-electron chi connectivity index (χ4n) is 6.27. The van der Waals surface area contributed by atoms with Crippen LogP contribution >= 0.6 is 0 Å². The number of fused-ring (bicyclic) bond motifs is 7. The molecule has 3 heterocycles. The highest BCUT2D eigenvalue weighted by atomic mass is 16.5. The monoisotopic (exact) mass is 347 g/mol. The molecule has 3 heteroatoms. The number of nitrogens with one attached hydrogen (secondary N) is 1. The van der Waals surface area contributed by atoms with Crippen LogP contribution in [0.4, 0.5) is 0 Å². The first-order valence-electron chi connectivity index (χ1n) is 9.78. The van der Waals surface area contributed by atoms with Crippen molar-refractivity contribution in [1.82, 2.24) is 4.98 Å². The number of aromatic amines is 1. The number of aromatic nitrogens is 1. The molecule has 1 aliphatic carbocycles. The highest BCUT2D eigenvalue weighted by Gasteiger charge is 2.65. The summed E-state index contributed by atoms with van der Waals surface area (Å²) in [6.45, 7) is 9.21. The van der Waals surface area contributed by atoms with Crippen LogP contribution in [0, 0.1) is 18.3 Å². The molecule has 2 aromatic carbocycles. The quantitative estimate of drug-likeness (QED) is 0.569. The zero-order chi connectivity index (χ0) is 17.8. The van der Waals surface area contributed by atoms with Crippen molar-refractivity contribution in [3.63, 3.8) is 0 Å². The van der Waals surface area contributed by atoms with Gasteiger partial charge in [-0.15, -0.1) is 0 Å². The number of hydrogen-bond donors (Lipinski definition) is 1. The van der Waals surface area contributed by atoms with Crippen molar-refractivity contribution >= 4 is 21.8 Å². The zero-order valence-electron chi connectivity index (χ0n) is 15.8. The predicted molar refractivity (Wildman–Crippen MR) is 104 cm³/mol. The van der Waals surface area contributed by atoms with E-state index in [1.54, 1.807) is 0 Å². The van der Waals surface area contributed by atoms with Crippen LogP contribution in [-0.4, -0.2) is 16.7 Å². The van der Waals surface area contributed by atoms with Crippen molar-refractivity contribution in [3.05, 3.63) is 41.5 Å². The molecule has 2 bridgehead atoms. The molecule has 1 aromatic heterocycles. The van der Waals surface area contributed by atoms with Gasteiger partial charge in [0.15, 0.2) is 0 Å². The molecule has 134 valence electrons. The second kappa shape index (κ2) is 4.45. The SMILES string of the molecule is Cc1cc2c([nH]c3ccccc32)c2c1O[C@@]1(C)CCC3O[C@@H]2[C@@H]1C3(C)C. The first-order chi connectivity index (χ1) is 12.4. The van der Waals surface area contributed by atoms with Gasteiger partial charge in [0.25, 0.3) is 0 Å². The van der Waals surface area contributed by atoms with Gasteiger partial charge in [0.2, 0.25) is 0 Å². The first kappa shape index (κ1) is 15.1. The Morgan fingerprint density at radius 2 is 1.92 bits per heavy atom. The van der Waals surface area contributed by atoms with E-state index in [9.17, 15) is 0 Å². The van der Waals surface area contributed by atoms with Gasteiger partial charge in [-0.1, -0.05) is 32.0 Å². The van der Waals surface area contributed by atoms with E-state index >= 15 is 0 Å². The Bertz CT molecular complexity index is 1080. The normalized spacial score (nSPS) is 34.1. The van der Waals surface area contributed by atoms with Crippen molar-refractivity contribution in [2.45, 2.75) is 58.3 Å². The minimum Gasteiger partial charge on any atom is -0.486 e. The maximum atomic E-state index is 6.79. The third-order valence-electron chi connectivity index (χ3n) is 7.40. The molecule has 1 unspecified atom stereocenters. The van der Waals surface area contributed by atoms with E-state index in [2.05, 4.69) is 63.0 Å². The van der Waals surface area contributed by atoms with Crippen molar-refractivity contribution in [1.29, 1.82) is 0 Å². The summed E-state index contributed by atoms with van der Waals surface area (Å²) < 4.78 is 13.5. The van der Waals surface area contributed by atoms with Gasteiger partial charge in [0.05, 0.1) is 17.7 Å². The van der Waals surface area contributed by atoms with Gasteiger partial charge in [-0.3, -0.25) is 0 Å². The third kappa shape index (κ3) is 1.59. The van der Waals surface area contributed by atoms with Crippen molar-refractivity contribution in [2.24, 2.45) is 11.3 Å².